The number of nitrogens with one attached hydrogen (secondary N) is 1. The average Bonchev–Trinajstić information content (AvgIpc) is 2.40. The van der Waals surface area contributed by atoms with Crippen molar-refractivity contribution in [2.24, 2.45) is 0 Å². The predicted molar refractivity (Wildman–Crippen MR) is 74.2 cm³/mol. The van der Waals surface area contributed by atoms with Crippen LogP contribution < -0.4 is 5.56 Å². The van der Waals surface area contributed by atoms with Crippen LogP contribution >= 0.6 is 0 Å². The van der Waals surface area contributed by atoms with Gasteiger partial charge in [0.05, 0.1) is 10.9 Å². The normalized spacial score (nSPS) is 10.2. The SMILES string of the molecule is Cc1ccc(-c2nc3ccc(O)cc3c(=O)[nH]2)cc1.[Ac]. The number of hydrogen-bond donors (Lipinski definition) is 2. The zero-order chi connectivity index (χ0) is 13.4. The number of nitrogens with zero attached hydrogens (tertiary/aromatic N) is 1. The minimum absolute atomic E-state index is 0. The molecule has 2 N–H and O–H groups in total. The van der Waals surface area contributed by atoms with Crippen molar-refractivity contribution in [2.75, 3.05) is 0 Å². The van der Waals surface area contributed by atoms with Crippen molar-refractivity contribution >= 4 is 10.9 Å². The molecule has 0 amide bonds. The summed E-state index contributed by atoms with van der Waals surface area (Å²) in [4.78, 5) is 19.1. The summed E-state index contributed by atoms with van der Waals surface area (Å²) in [7, 11) is 0. The number of aromatic hydroxyl groups is 1. The summed E-state index contributed by atoms with van der Waals surface area (Å²) in [5, 5.41) is 9.78. The summed E-state index contributed by atoms with van der Waals surface area (Å²) in [5.41, 5.74) is 2.32. The van der Waals surface area contributed by atoms with E-state index in [2.05, 4.69) is 9.97 Å². The third kappa shape index (κ3) is 2.94. The monoisotopic (exact) mass is 479 g/mol. The molecule has 0 saturated heterocycles. The van der Waals surface area contributed by atoms with E-state index in [-0.39, 0.29) is 55.4 Å². The Morgan fingerprint density at radius 2 is 1.80 bits per heavy atom. The van der Waals surface area contributed by atoms with Gasteiger partial charge in [-0.15, -0.1) is 0 Å². The Labute approximate surface area is 151 Å². The smallest absolute Gasteiger partial charge is 0.259 e. The third-order valence-corrected chi connectivity index (χ3v) is 3.01. The molecule has 0 atom stereocenters. The molecule has 1 aromatic heterocycles. The first-order valence-electron chi connectivity index (χ1n) is 5.93. The number of phenols is 1. The van der Waals surface area contributed by atoms with Gasteiger partial charge in [-0.2, -0.15) is 0 Å². The zero-order valence-corrected chi connectivity index (χ0v) is 15.7. The van der Waals surface area contributed by atoms with Gasteiger partial charge >= 0.3 is 0 Å². The van der Waals surface area contributed by atoms with Crippen molar-refractivity contribution in [1.29, 1.82) is 0 Å². The van der Waals surface area contributed by atoms with Gasteiger partial charge in [-0.05, 0) is 25.1 Å². The molecule has 97 valence electrons. The Kier molecular flexibility index (Phi) is 4.62. The van der Waals surface area contributed by atoms with Crippen LogP contribution in [-0.4, -0.2) is 15.1 Å². The topological polar surface area (TPSA) is 66.0 Å². The number of fused-ring (bicyclic) bond motifs is 1. The van der Waals surface area contributed by atoms with Crippen LogP contribution in [0.2, 0.25) is 0 Å². The van der Waals surface area contributed by atoms with Crippen LogP contribution in [0.5, 0.6) is 5.75 Å². The maximum absolute atomic E-state index is 12.0. The van der Waals surface area contributed by atoms with Crippen molar-refractivity contribution in [1.82, 2.24) is 9.97 Å². The zero-order valence-electron chi connectivity index (χ0n) is 10.9. The molecule has 1 heterocycles. The van der Waals surface area contributed by atoms with Crippen LogP contribution in [0, 0.1) is 51.0 Å². The van der Waals surface area contributed by atoms with E-state index in [1.54, 1.807) is 6.07 Å². The van der Waals surface area contributed by atoms with E-state index in [4.69, 9.17) is 0 Å². The number of aryl methyl sites for hydroxylation is 1. The fourth-order valence-corrected chi connectivity index (χ4v) is 1.97. The van der Waals surface area contributed by atoms with Crippen molar-refractivity contribution in [2.45, 2.75) is 6.92 Å². The average molecular weight is 479 g/mol. The molecule has 0 bridgehead atoms. The number of aromatic amines is 1. The number of benzene rings is 2. The summed E-state index contributed by atoms with van der Waals surface area (Å²) in [5.74, 6) is 0.589. The van der Waals surface area contributed by atoms with Gasteiger partial charge in [-0.3, -0.25) is 4.79 Å². The van der Waals surface area contributed by atoms with Gasteiger partial charge in [-0.25, -0.2) is 4.98 Å². The molecule has 2 aromatic carbocycles. The Morgan fingerprint density at radius 1 is 1.10 bits per heavy atom. The van der Waals surface area contributed by atoms with Crippen molar-refractivity contribution in [3.8, 4) is 17.1 Å². The summed E-state index contributed by atoms with van der Waals surface area (Å²) in [6, 6.07) is 12.3. The second-order valence-corrected chi connectivity index (χ2v) is 4.48. The number of aromatic nitrogens is 2. The molecule has 1 radical (unpaired) electrons. The number of phenolic OH excluding ortho intramolecular Hbond substituents is 1. The van der Waals surface area contributed by atoms with Crippen molar-refractivity contribution < 1.29 is 49.2 Å². The van der Waals surface area contributed by atoms with Crippen LogP contribution in [0.1, 0.15) is 5.56 Å². The molecule has 3 rings (SSSR count). The standard InChI is InChI=1S/C15H12N2O2.Ac/c1-9-2-4-10(5-3-9)14-16-13-7-6-11(18)8-12(13)15(19)17-14;/h2-8,18H,1H3,(H,16,17,19);. The number of H-pyrrole nitrogens is 1. The predicted octanol–water partition coefficient (Wildman–Crippen LogP) is 2.60. The fourth-order valence-electron chi connectivity index (χ4n) is 1.97. The molecule has 0 unspecified atom stereocenters. The van der Waals surface area contributed by atoms with E-state index in [9.17, 15) is 9.90 Å². The second-order valence-electron chi connectivity index (χ2n) is 4.48. The molecule has 0 spiro atoms. The summed E-state index contributed by atoms with van der Waals surface area (Å²) in [6.45, 7) is 2.00. The Hall–Kier alpha value is -1.18. The van der Waals surface area contributed by atoms with E-state index in [1.807, 2.05) is 31.2 Å². The van der Waals surface area contributed by atoms with Gasteiger partial charge in [0.25, 0.3) is 5.56 Å². The van der Waals surface area contributed by atoms with Crippen LogP contribution in [-0.2, 0) is 0 Å². The summed E-state index contributed by atoms with van der Waals surface area (Å²) < 4.78 is 0. The Bertz CT molecular complexity index is 810. The maximum atomic E-state index is 12.0. The van der Waals surface area contributed by atoms with Crippen LogP contribution in [0.4, 0.5) is 0 Å². The Balaban J connectivity index is 0.00000147. The molecular formula is C15H12AcN2O2. The minimum Gasteiger partial charge on any atom is -0.508 e. The summed E-state index contributed by atoms with van der Waals surface area (Å²) in [6.07, 6.45) is 0. The van der Waals surface area contributed by atoms with Gasteiger partial charge < -0.3 is 10.1 Å². The largest absolute Gasteiger partial charge is 0.508 e. The molecule has 0 fully saturated rings. The molecule has 0 aliphatic heterocycles. The summed E-state index contributed by atoms with van der Waals surface area (Å²) >= 11 is 0. The molecule has 0 aliphatic carbocycles. The molecule has 4 nitrogen and oxygen atoms in total. The first-order valence-corrected chi connectivity index (χ1v) is 5.93. The van der Waals surface area contributed by atoms with Crippen molar-refractivity contribution in [3.05, 3.63) is 58.4 Å². The molecule has 0 saturated carbocycles. The molecule has 5 heteroatoms. The van der Waals surface area contributed by atoms with Gasteiger partial charge in [0.2, 0.25) is 0 Å². The van der Waals surface area contributed by atoms with Crippen LogP contribution in [0.3, 0.4) is 0 Å². The number of rotatable bonds is 1. The molecule has 20 heavy (non-hydrogen) atoms. The molecular weight excluding hydrogens is 467 g/mol. The minimum atomic E-state index is -0.253. The van der Waals surface area contributed by atoms with Crippen molar-refractivity contribution in [3.63, 3.8) is 0 Å². The van der Waals surface area contributed by atoms with Crippen LogP contribution in [0.25, 0.3) is 22.3 Å². The molecule has 0 aliphatic rings. The maximum Gasteiger partial charge on any atom is 0.259 e. The first-order chi connectivity index (χ1) is 9.13. The van der Waals surface area contributed by atoms with Crippen LogP contribution in [0.15, 0.2) is 47.3 Å². The van der Waals surface area contributed by atoms with E-state index in [0.29, 0.717) is 16.7 Å². The van der Waals surface area contributed by atoms with E-state index >= 15 is 0 Å². The van der Waals surface area contributed by atoms with Gasteiger partial charge in [0.1, 0.15) is 11.6 Å². The Morgan fingerprint density at radius 3 is 2.50 bits per heavy atom. The van der Waals surface area contributed by atoms with E-state index in [0.717, 1.165) is 11.1 Å². The van der Waals surface area contributed by atoms with E-state index in [1.165, 1.54) is 12.1 Å². The van der Waals surface area contributed by atoms with Gasteiger partial charge in [0, 0.05) is 49.6 Å². The molecule has 3 aromatic rings. The quantitative estimate of drug-likeness (QED) is 0.564. The first kappa shape index (κ1) is 15.2. The third-order valence-electron chi connectivity index (χ3n) is 3.01. The van der Waals surface area contributed by atoms with E-state index < -0.39 is 0 Å². The number of hydrogen-bond acceptors (Lipinski definition) is 3. The van der Waals surface area contributed by atoms with Gasteiger partial charge in [0.15, 0.2) is 0 Å². The second kappa shape index (κ2) is 6.07. The fraction of sp³-hybridized carbons (Fsp3) is 0.0667. The van der Waals surface area contributed by atoms with Gasteiger partial charge in [-0.1, -0.05) is 29.8 Å².